The Labute approximate surface area is 326 Å². The maximum Gasteiger partial charge on any atom is 0.199 e. The highest BCUT2D eigenvalue weighted by Crippen LogP contribution is 2.46. The Kier molecular flexibility index (Phi) is 10.4. The van der Waals surface area contributed by atoms with E-state index >= 15 is 0 Å². The Morgan fingerprint density at radius 2 is 1.59 bits per heavy atom. The van der Waals surface area contributed by atoms with Crippen LogP contribution in [0.15, 0.2) is 138 Å². The smallest absolute Gasteiger partial charge is 0.199 e. The molecule has 0 N–H and O–H groups in total. The summed E-state index contributed by atoms with van der Waals surface area (Å²) < 4.78 is 0. The van der Waals surface area contributed by atoms with E-state index in [1.54, 1.807) is 5.57 Å². The minimum absolute atomic E-state index is 0.168. The van der Waals surface area contributed by atoms with Crippen molar-refractivity contribution in [2.45, 2.75) is 117 Å². The van der Waals surface area contributed by atoms with Crippen LogP contribution in [0.3, 0.4) is 0 Å². The van der Waals surface area contributed by atoms with Crippen LogP contribution in [-0.2, 0) is 5.41 Å². The largest absolute Gasteiger partial charge is 0.315 e. The summed E-state index contributed by atoms with van der Waals surface area (Å²) >= 11 is 0. The second-order valence-electron chi connectivity index (χ2n) is 17.1. The second-order valence-corrected chi connectivity index (χ2v) is 17.1. The van der Waals surface area contributed by atoms with Crippen LogP contribution in [-0.4, -0.2) is 7.28 Å². The summed E-state index contributed by atoms with van der Waals surface area (Å²) in [6.07, 6.45) is 32.4. The Morgan fingerprint density at radius 1 is 0.852 bits per heavy atom. The molecule has 0 bridgehead atoms. The molecule has 1 heterocycles. The first-order chi connectivity index (χ1) is 26.2. The Morgan fingerprint density at radius 3 is 2.31 bits per heavy atom. The average molecular weight is 710 g/mol. The first-order valence-electron chi connectivity index (χ1n) is 20.8. The normalized spacial score (nSPS) is 19.1. The quantitative estimate of drug-likeness (QED) is 0.153. The minimum Gasteiger partial charge on any atom is -0.315 e. The molecule has 8 rings (SSSR count). The van der Waals surface area contributed by atoms with Crippen LogP contribution in [0.5, 0.6) is 0 Å². The lowest BCUT2D eigenvalue weighted by Gasteiger charge is -2.40. The first kappa shape index (κ1) is 36.5. The van der Waals surface area contributed by atoms with E-state index in [0.29, 0.717) is 5.92 Å². The number of anilines is 4. The van der Waals surface area contributed by atoms with Crippen LogP contribution < -0.4 is 20.7 Å². The molecular formula is C51H58BN2. The number of nitrogens with zero attached hydrogens (tertiary/aromatic N) is 2. The van der Waals surface area contributed by atoms with Crippen LogP contribution in [0.25, 0.3) is 0 Å². The maximum absolute atomic E-state index is 4.77. The van der Waals surface area contributed by atoms with Gasteiger partial charge in [-0.05, 0) is 124 Å². The van der Waals surface area contributed by atoms with Crippen molar-refractivity contribution in [3.8, 4) is 0 Å². The number of rotatable bonds is 10. The first-order valence-corrected chi connectivity index (χ1v) is 20.8. The number of benzene rings is 3. The van der Waals surface area contributed by atoms with Crippen molar-refractivity contribution < 1.29 is 0 Å². The fourth-order valence-corrected chi connectivity index (χ4v) is 9.59. The fraction of sp³-hybridized carbons (Fsp3) is 0.373. The van der Waals surface area contributed by atoms with Crippen LogP contribution in [0.4, 0.5) is 22.7 Å². The van der Waals surface area contributed by atoms with E-state index in [-0.39, 0.29) is 5.41 Å². The molecule has 1 aliphatic heterocycles. The molecule has 0 atom stereocenters. The molecule has 5 aliphatic rings. The third kappa shape index (κ3) is 7.08. The van der Waals surface area contributed by atoms with E-state index in [1.165, 1.54) is 119 Å². The standard InChI is InChI=1S/C51H58BN2/c1-7-35(2)21-24-37(4)53(44-27-22-36(3)23-28-44)48-33-43(51(5,6)42-19-13-14-20-42)34-49-50(48)52-46-32-41(39-15-9-8-10-16-39)26-30-47(46)54(49)45-29-25-40(31-45)38-17-11-12-18-38/h7,13-14,19,21-30,32-34,38-39H,4,8-12,15-18,20,31H2,1-3,5-6H3/b24-21-,35-7-. The molecular weight excluding hydrogens is 651 g/mol. The monoisotopic (exact) mass is 709 g/mol. The summed E-state index contributed by atoms with van der Waals surface area (Å²) in [4.78, 5) is 5.06. The van der Waals surface area contributed by atoms with Crippen molar-refractivity contribution in [2.75, 3.05) is 9.80 Å². The number of hydrogen-bond donors (Lipinski definition) is 0. The van der Waals surface area contributed by atoms with Gasteiger partial charge in [0.15, 0.2) is 7.28 Å². The number of fused-ring (bicyclic) bond motifs is 2. The van der Waals surface area contributed by atoms with Crippen molar-refractivity contribution >= 4 is 41.0 Å². The maximum atomic E-state index is 4.77. The topological polar surface area (TPSA) is 6.48 Å². The van der Waals surface area contributed by atoms with E-state index in [4.69, 9.17) is 6.58 Å². The molecule has 275 valence electrons. The molecule has 0 spiro atoms. The summed E-state index contributed by atoms with van der Waals surface area (Å²) in [5.74, 6) is 1.37. The molecule has 0 aromatic heterocycles. The van der Waals surface area contributed by atoms with E-state index in [0.717, 1.165) is 30.1 Å². The van der Waals surface area contributed by atoms with Crippen molar-refractivity contribution in [2.24, 2.45) is 5.92 Å². The molecule has 3 aromatic rings. The molecule has 2 nitrogen and oxygen atoms in total. The predicted octanol–water partition coefficient (Wildman–Crippen LogP) is 12.9. The molecule has 54 heavy (non-hydrogen) atoms. The summed E-state index contributed by atoms with van der Waals surface area (Å²) in [6.45, 7) is 16.0. The van der Waals surface area contributed by atoms with Gasteiger partial charge in [0, 0.05) is 46.0 Å². The average Bonchev–Trinajstić information content (AvgIpc) is 4.01. The van der Waals surface area contributed by atoms with Crippen LogP contribution in [0.2, 0.25) is 0 Å². The van der Waals surface area contributed by atoms with Crippen molar-refractivity contribution in [3.05, 3.63) is 155 Å². The zero-order chi connectivity index (χ0) is 37.4. The number of hydrogen-bond acceptors (Lipinski definition) is 2. The molecule has 0 saturated heterocycles. The zero-order valence-electron chi connectivity index (χ0n) is 33.4. The van der Waals surface area contributed by atoms with Gasteiger partial charge in [0.25, 0.3) is 0 Å². The number of aryl methyl sites for hydroxylation is 1. The van der Waals surface area contributed by atoms with E-state index in [9.17, 15) is 0 Å². The highest BCUT2D eigenvalue weighted by atomic mass is 15.2. The molecule has 4 aliphatic carbocycles. The van der Waals surface area contributed by atoms with Gasteiger partial charge in [-0.15, -0.1) is 0 Å². The Bertz CT molecular complexity index is 2100. The van der Waals surface area contributed by atoms with Gasteiger partial charge in [-0.3, -0.25) is 0 Å². The fourth-order valence-electron chi connectivity index (χ4n) is 9.59. The second kappa shape index (κ2) is 15.3. The molecule has 3 aromatic carbocycles. The van der Waals surface area contributed by atoms with Crippen LogP contribution >= 0.6 is 0 Å². The number of allylic oxidation sites excluding steroid dienone is 11. The van der Waals surface area contributed by atoms with Gasteiger partial charge < -0.3 is 9.80 Å². The lowest BCUT2D eigenvalue weighted by atomic mass is 9.58. The van der Waals surface area contributed by atoms with Crippen LogP contribution in [0.1, 0.15) is 121 Å². The molecule has 0 unspecified atom stereocenters. The van der Waals surface area contributed by atoms with Crippen LogP contribution in [0, 0.1) is 12.8 Å². The minimum atomic E-state index is -0.168. The zero-order valence-corrected chi connectivity index (χ0v) is 33.4. The predicted molar refractivity (Wildman–Crippen MR) is 235 cm³/mol. The highest BCUT2D eigenvalue weighted by Gasteiger charge is 2.36. The van der Waals surface area contributed by atoms with Gasteiger partial charge in [0.1, 0.15) is 0 Å². The van der Waals surface area contributed by atoms with Gasteiger partial charge >= 0.3 is 0 Å². The summed E-state index contributed by atoms with van der Waals surface area (Å²) in [6, 6.07) is 21.4. The van der Waals surface area contributed by atoms with E-state index < -0.39 is 0 Å². The van der Waals surface area contributed by atoms with Crippen molar-refractivity contribution in [1.29, 1.82) is 0 Å². The highest BCUT2D eigenvalue weighted by molar-refractivity contribution is 6.73. The van der Waals surface area contributed by atoms with Gasteiger partial charge in [-0.1, -0.05) is 141 Å². The Balaban J connectivity index is 1.34. The lowest BCUT2D eigenvalue weighted by Crippen LogP contribution is -2.44. The van der Waals surface area contributed by atoms with Gasteiger partial charge in [-0.2, -0.15) is 0 Å². The van der Waals surface area contributed by atoms with Crippen molar-refractivity contribution in [3.63, 3.8) is 0 Å². The molecule has 2 fully saturated rings. The van der Waals surface area contributed by atoms with E-state index in [2.05, 4.69) is 155 Å². The third-order valence-electron chi connectivity index (χ3n) is 13.2. The summed E-state index contributed by atoms with van der Waals surface area (Å²) in [7, 11) is 2.51. The van der Waals surface area contributed by atoms with Gasteiger partial charge in [0.05, 0.1) is 0 Å². The molecule has 1 radical (unpaired) electrons. The summed E-state index contributed by atoms with van der Waals surface area (Å²) in [5, 5.41) is 0. The SMILES string of the molecule is C=C(/C=C\C(C)=C/C)N(c1ccc(C)cc1)c1cc(C(C)(C)C2=CC=CC2)cc2c1[B]c1cc(C3CCCCC3)ccc1N2C1=CC=C(C2CCCC2)C1. The molecule has 2 saturated carbocycles. The summed E-state index contributed by atoms with van der Waals surface area (Å²) in [5.41, 5.74) is 18.0. The van der Waals surface area contributed by atoms with Crippen molar-refractivity contribution in [1.82, 2.24) is 0 Å². The lowest BCUT2D eigenvalue weighted by molar-refractivity contribution is 0.444. The van der Waals surface area contributed by atoms with Gasteiger partial charge in [-0.25, -0.2) is 0 Å². The molecule has 0 amide bonds. The van der Waals surface area contributed by atoms with Gasteiger partial charge in [0.2, 0.25) is 0 Å². The Hall–Kier alpha value is -4.50. The van der Waals surface area contributed by atoms with E-state index in [1.807, 2.05) is 0 Å². The third-order valence-corrected chi connectivity index (χ3v) is 13.2. The molecule has 3 heteroatoms.